The number of hydrogen-bond acceptors (Lipinski definition) is 5. The maximum absolute atomic E-state index is 12.6. The van der Waals surface area contributed by atoms with E-state index in [2.05, 4.69) is 20.8 Å². The molecule has 3 rings (SSSR count). The third kappa shape index (κ3) is 6.55. The molecule has 3 aromatic rings. The van der Waals surface area contributed by atoms with Gasteiger partial charge in [0.2, 0.25) is 5.91 Å². The molecule has 0 saturated heterocycles. The minimum absolute atomic E-state index is 0.0854. The summed E-state index contributed by atoms with van der Waals surface area (Å²) in [5.41, 5.74) is 0.742. The average molecular weight is 547 g/mol. The van der Waals surface area contributed by atoms with Crippen LogP contribution in [0.15, 0.2) is 41.6 Å². The van der Waals surface area contributed by atoms with Gasteiger partial charge in [-0.2, -0.15) is 0 Å². The van der Waals surface area contributed by atoms with Gasteiger partial charge < -0.3 is 15.2 Å². The lowest BCUT2D eigenvalue weighted by molar-refractivity contribution is -0.113. The second kappa shape index (κ2) is 11.4. The molecule has 1 aromatic heterocycles. The third-order valence-electron chi connectivity index (χ3n) is 4.51. The van der Waals surface area contributed by atoms with Gasteiger partial charge in [-0.25, -0.2) is 0 Å². The molecular weight excluding hydrogens is 528 g/mol. The lowest BCUT2D eigenvalue weighted by Gasteiger charge is -2.15. The number of thioether (sulfide) groups is 1. The predicted octanol–water partition coefficient (Wildman–Crippen LogP) is 6.13. The van der Waals surface area contributed by atoms with Crippen LogP contribution in [0.25, 0.3) is 0 Å². The summed E-state index contributed by atoms with van der Waals surface area (Å²) in [6.07, 6.45) is 0. The zero-order valence-corrected chi connectivity index (χ0v) is 21.4. The minimum atomic E-state index is -0.454. The molecule has 0 bridgehead atoms. The Bertz CT molecular complexity index is 1190. The fraction of sp³-hybridized carbons (Fsp3) is 0.238. The third-order valence-corrected chi connectivity index (χ3v) is 6.59. The van der Waals surface area contributed by atoms with Crippen LogP contribution in [0.1, 0.15) is 36.1 Å². The molecule has 174 valence electrons. The van der Waals surface area contributed by atoms with Crippen molar-refractivity contribution in [3.63, 3.8) is 0 Å². The second-order valence-electron chi connectivity index (χ2n) is 6.87. The molecule has 2 N–H and O–H groups in total. The van der Waals surface area contributed by atoms with Gasteiger partial charge >= 0.3 is 0 Å². The van der Waals surface area contributed by atoms with E-state index in [9.17, 15) is 9.59 Å². The minimum Gasteiger partial charge on any atom is -0.342 e. The molecule has 12 heteroatoms. The van der Waals surface area contributed by atoms with Crippen LogP contribution in [-0.2, 0) is 11.3 Å². The van der Waals surface area contributed by atoms with Gasteiger partial charge in [-0.05, 0) is 50.2 Å². The number of carbonyl (C=O) groups excluding carboxylic acids is 2. The number of rotatable bonds is 8. The lowest BCUT2D eigenvalue weighted by Crippen LogP contribution is -2.29. The fourth-order valence-corrected chi connectivity index (χ4v) is 4.59. The van der Waals surface area contributed by atoms with E-state index in [0.717, 1.165) is 0 Å². The number of nitrogens with zero attached hydrogens (tertiary/aromatic N) is 3. The van der Waals surface area contributed by atoms with E-state index in [4.69, 9.17) is 46.4 Å². The van der Waals surface area contributed by atoms with Crippen LogP contribution in [-0.4, -0.2) is 32.3 Å². The van der Waals surface area contributed by atoms with Gasteiger partial charge in [0.1, 0.15) is 0 Å². The fourth-order valence-electron chi connectivity index (χ4n) is 2.95. The molecule has 0 aliphatic heterocycles. The molecule has 7 nitrogen and oxygen atoms in total. The van der Waals surface area contributed by atoms with Crippen LogP contribution in [0.4, 0.5) is 5.69 Å². The summed E-state index contributed by atoms with van der Waals surface area (Å²) in [7, 11) is 0. The van der Waals surface area contributed by atoms with Crippen molar-refractivity contribution in [2.75, 3.05) is 11.1 Å². The van der Waals surface area contributed by atoms with E-state index in [-0.39, 0.29) is 22.6 Å². The Labute approximate surface area is 215 Å². The monoisotopic (exact) mass is 545 g/mol. The van der Waals surface area contributed by atoms with E-state index in [1.807, 2.05) is 11.5 Å². The van der Waals surface area contributed by atoms with E-state index in [1.165, 1.54) is 17.8 Å². The van der Waals surface area contributed by atoms with Crippen LogP contribution in [0, 0.1) is 0 Å². The maximum atomic E-state index is 12.6. The molecule has 33 heavy (non-hydrogen) atoms. The van der Waals surface area contributed by atoms with Crippen molar-refractivity contribution in [2.45, 2.75) is 31.6 Å². The normalized spacial score (nSPS) is 11.8. The first kappa shape index (κ1) is 25.6. The van der Waals surface area contributed by atoms with Crippen molar-refractivity contribution >= 4 is 75.7 Å². The number of aromatic nitrogens is 3. The molecule has 1 atom stereocenters. The van der Waals surface area contributed by atoms with Crippen molar-refractivity contribution in [3.05, 3.63) is 67.9 Å². The Balaban J connectivity index is 1.65. The zero-order chi connectivity index (χ0) is 24.1. The van der Waals surface area contributed by atoms with E-state index >= 15 is 0 Å². The summed E-state index contributed by atoms with van der Waals surface area (Å²) in [6.45, 7) is 4.27. The topological polar surface area (TPSA) is 88.9 Å². The summed E-state index contributed by atoms with van der Waals surface area (Å²) in [6, 6.07) is 9.04. The summed E-state index contributed by atoms with van der Waals surface area (Å²) < 4.78 is 1.83. The smallest absolute Gasteiger partial charge is 0.253 e. The molecule has 1 heterocycles. The predicted molar refractivity (Wildman–Crippen MR) is 134 cm³/mol. The van der Waals surface area contributed by atoms with Gasteiger partial charge in [0.05, 0.1) is 33.1 Å². The molecule has 0 saturated carbocycles. The second-order valence-corrected chi connectivity index (χ2v) is 9.50. The van der Waals surface area contributed by atoms with Gasteiger partial charge in [0.15, 0.2) is 11.0 Å². The molecule has 0 radical (unpaired) electrons. The maximum Gasteiger partial charge on any atom is 0.253 e. The lowest BCUT2D eigenvalue weighted by atomic mass is 10.2. The van der Waals surface area contributed by atoms with Crippen molar-refractivity contribution in [3.8, 4) is 0 Å². The number of benzene rings is 2. The number of halogens is 4. The van der Waals surface area contributed by atoms with Crippen molar-refractivity contribution in [1.82, 2.24) is 20.1 Å². The van der Waals surface area contributed by atoms with Gasteiger partial charge in [0.25, 0.3) is 5.91 Å². The highest BCUT2D eigenvalue weighted by Crippen LogP contribution is 2.27. The molecule has 0 aliphatic carbocycles. The van der Waals surface area contributed by atoms with Crippen LogP contribution >= 0.6 is 58.2 Å². The quantitative estimate of drug-likeness (QED) is 0.331. The molecule has 2 amide bonds. The summed E-state index contributed by atoms with van der Waals surface area (Å²) in [5, 5.41) is 16.1. The number of carbonyl (C=O) groups is 2. The first-order chi connectivity index (χ1) is 15.7. The highest BCUT2D eigenvalue weighted by Gasteiger charge is 2.21. The highest BCUT2D eigenvalue weighted by molar-refractivity contribution is 7.99. The Morgan fingerprint density at radius 3 is 2.42 bits per heavy atom. The van der Waals surface area contributed by atoms with Crippen molar-refractivity contribution < 1.29 is 9.59 Å². The average Bonchev–Trinajstić information content (AvgIpc) is 3.17. The largest absolute Gasteiger partial charge is 0.342 e. The Morgan fingerprint density at radius 1 is 1.03 bits per heavy atom. The Hall–Kier alpha value is -1.97. The first-order valence-corrected chi connectivity index (χ1v) is 12.3. The molecular formula is C21H19Cl4N5O2S. The molecule has 0 unspecified atom stereocenters. The highest BCUT2D eigenvalue weighted by atomic mass is 35.5. The first-order valence-electron chi connectivity index (χ1n) is 9.76. The van der Waals surface area contributed by atoms with Crippen LogP contribution < -0.4 is 10.6 Å². The molecule has 2 aromatic carbocycles. The Kier molecular flexibility index (Phi) is 8.89. The number of hydrogen-bond donors (Lipinski definition) is 2. The number of nitrogens with one attached hydrogen (secondary N) is 2. The number of amides is 2. The summed E-state index contributed by atoms with van der Waals surface area (Å²) in [4.78, 5) is 25.0. The molecule has 0 fully saturated rings. The van der Waals surface area contributed by atoms with E-state index in [0.29, 0.717) is 43.8 Å². The Morgan fingerprint density at radius 2 is 1.73 bits per heavy atom. The SMILES string of the molecule is CCn1c(SCC(=O)Nc2cc(Cl)ccc2Cl)nnc1[C@@H](C)NC(=O)c1ccc(Cl)cc1Cl. The van der Waals surface area contributed by atoms with Crippen LogP contribution in [0.3, 0.4) is 0 Å². The van der Waals surface area contributed by atoms with Crippen molar-refractivity contribution in [1.29, 1.82) is 0 Å². The molecule has 0 aliphatic rings. The van der Waals surface area contributed by atoms with Gasteiger partial charge in [-0.15, -0.1) is 10.2 Å². The van der Waals surface area contributed by atoms with E-state index in [1.54, 1.807) is 37.3 Å². The van der Waals surface area contributed by atoms with Crippen LogP contribution in [0.2, 0.25) is 20.1 Å². The van der Waals surface area contributed by atoms with Crippen molar-refractivity contribution in [2.24, 2.45) is 0 Å². The summed E-state index contributed by atoms with van der Waals surface area (Å²) in [5.74, 6) is 0.0101. The van der Waals surface area contributed by atoms with Crippen LogP contribution in [0.5, 0.6) is 0 Å². The van der Waals surface area contributed by atoms with E-state index < -0.39 is 6.04 Å². The standard InChI is InChI=1S/C21H19Cl4N5O2S/c1-3-30-19(11(2)26-20(32)14-6-4-12(22)8-16(14)25)28-29-21(30)33-10-18(31)27-17-9-13(23)5-7-15(17)24/h4-9,11H,3,10H2,1-2H3,(H,26,32)(H,27,31)/t11-/m1/s1. The summed E-state index contributed by atoms with van der Waals surface area (Å²) >= 11 is 25.3. The van der Waals surface area contributed by atoms with Gasteiger partial charge in [-0.3, -0.25) is 9.59 Å². The van der Waals surface area contributed by atoms with Gasteiger partial charge in [-0.1, -0.05) is 58.2 Å². The molecule has 0 spiro atoms. The van der Waals surface area contributed by atoms with Gasteiger partial charge in [0, 0.05) is 16.6 Å². The number of anilines is 1. The zero-order valence-electron chi connectivity index (χ0n) is 17.5.